The average molecular weight is 288 g/mol. The van der Waals surface area contributed by atoms with Crippen LogP contribution in [0.25, 0.3) is 0 Å². The first-order chi connectivity index (χ1) is 8.22. The molecule has 0 aliphatic heterocycles. The monoisotopic (exact) mass is 288 g/mol. The zero-order chi connectivity index (χ0) is 15.0. The minimum atomic E-state index is -4.67. The Balaban J connectivity index is -0.000000190. The lowest BCUT2D eigenvalue weighted by atomic mass is 10.4. The molecule has 0 aliphatic carbocycles. The van der Waals surface area contributed by atoms with Gasteiger partial charge in [-0.05, 0) is 0 Å². The molecule has 0 aromatic heterocycles. The molecule has 0 aromatic rings. The standard InChI is InChI=1S/C6H10O.C3H8O3.H2O4S/c1-3-5-7-6-4-2;4-1-3(6)2-5;1-5(2,3)4/h3-4H,1-2,5-6H2;3-6H,1-2H2;(H2,1,2,3,4). The van der Waals surface area contributed by atoms with E-state index in [0.29, 0.717) is 13.2 Å². The summed E-state index contributed by atoms with van der Waals surface area (Å²) in [4.78, 5) is 0. The molecule has 0 atom stereocenters. The van der Waals surface area contributed by atoms with Crippen LogP contribution >= 0.6 is 0 Å². The smallest absolute Gasteiger partial charge is 0.394 e. The summed E-state index contributed by atoms with van der Waals surface area (Å²) in [6, 6.07) is 0. The second-order valence-electron chi connectivity index (χ2n) is 2.58. The summed E-state index contributed by atoms with van der Waals surface area (Å²) >= 11 is 0. The molecule has 0 aromatic carbocycles. The molecule has 8 nitrogen and oxygen atoms in total. The molecular formula is C9H20O8S. The van der Waals surface area contributed by atoms with Gasteiger partial charge in [0.1, 0.15) is 6.10 Å². The Labute approximate surface area is 106 Å². The zero-order valence-corrected chi connectivity index (χ0v) is 10.7. The van der Waals surface area contributed by atoms with Crippen LogP contribution in [0.4, 0.5) is 0 Å². The van der Waals surface area contributed by atoms with E-state index < -0.39 is 16.5 Å². The van der Waals surface area contributed by atoms with Crippen molar-refractivity contribution in [3.05, 3.63) is 25.3 Å². The van der Waals surface area contributed by atoms with E-state index >= 15 is 0 Å². The SMILES string of the molecule is C=CCOCC=C.O=S(=O)(O)O.OCC(O)CO. The van der Waals surface area contributed by atoms with Crippen LogP contribution in [0, 0.1) is 0 Å². The Hall–Kier alpha value is -0.810. The summed E-state index contributed by atoms with van der Waals surface area (Å²) in [5.74, 6) is 0. The highest BCUT2D eigenvalue weighted by Gasteiger charge is 1.93. The summed E-state index contributed by atoms with van der Waals surface area (Å²) in [5.41, 5.74) is 0. The summed E-state index contributed by atoms with van der Waals surface area (Å²) < 4.78 is 36.5. The van der Waals surface area contributed by atoms with E-state index in [1.807, 2.05) is 0 Å². The van der Waals surface area contributed by atoms with Gasteiger partial charge in [-0.25, -0.2) is 0 Å². The topological polar surface area (TPSA) is 145 Å². The average Bonchev–Trinajstić information content (AvgIpc) is 2.27. The largest absolute Gasteiger partial charge is 0.394 e. The Kier molecular flexibility index (Phi) is 20.1. The van der Waals surface area contributed by atoms with Crippen LogP contribution in [-0.4, -0.2) is 65.4 Å². The summed E-state index contributed by atoms with van der Waals surface area (Å²) in [5, 5.41) is 24.0. The van der Waals surface area contributed by atoms with Crippen molar-refractivity contribution >= 4 is 10.4 Å². The molecule has 0 spiro atoms. The van der Waals surface area contributed by atoms with Gasteiger partial charge in [0.2, 0.25) is 0 Å². The number of ether oxygens (including phenoxy) is 1. The molecule has 0 unspecified atom stereocenters. The summed E-state index contributed by atoms with van der Waals surface area (Å²) in [7, 11) is -4.67. The van der Waals surface area contributed by atoms with E-state index in [2.05, 4.69) is 13.2 Å². The fourth-order valence-electron chi connectivity index (χ4n) is 0.292. The van der Waals surface area contributed by atoms with Gasteiger partial charge >= 0.3 is 10.4 Å². The first kappa shape index (κ1) is 22.4. The zero-order valence-electron chi connectivity index (χ0n) is 9.84. The van der Waals surface area contributed by atoms with Crippen molar-refractivity contribution in [3.8, 4) is 0 Å². The van der Waals surface area contributed by atoms with Gasteiger partial charge in [-0.3, -0.25) is 9.11 Å². The first-order valence-corrected chi connectivity index (χ1v) is 6.01. The lowest BCUT2D eigenvalue weighted by Crippen LogP contribution is -2.15. The van der Waals surface area contributed by atoms with Gasteiger partial charge in [0.05, 0.1) is 26.4 Å². The third-order valence-electron chi connectivity index (χ3n) is 0.893. The lowest BCUT2D eigenvalue weighted by Gasteiger charge is -1.96. The van der Waals surface area contributed by atoms with E-state index in [-0.39, 0.29) is 13.2 Å². The molecule has 18 heavy (non-hydrogen) atoms. The van der Waals surface area contributed by atoms with Gasteiger partial charge in [-0.1, -0.05) is 12.2 Å². The molecule has 0 radical (unpaired) electrons. The Morgan fingerprint density at radius 3 is 1.44 bits per heavy atom. The maximum atomic E-state index is 8.74. The van der Waals surface area contributed by atoms with Crippen molar-refractivity contribution in [3.63, 3.8) is 0 Å². The molecule has 0 heterocycles. The highest BCUT2D eigenvalue weighted by atomic mass is 32.3. The van der Waals surface area contributed by atoms with Gasteiger partial charge in [0.25, 0.3) is 0 Å². The maximum absolute atomic E-state index is 8.74. The molecular weight excluding hydrogens is 268 g/mol. The van der Waals surface area contributed by atoms with Crippen LogP contribution in [0.2, 0.25) is 0 Å². The number of hydrogen-bond acceptors (Lipinski definition) is 6. The van der Waals surface area contributed by atoms with Crippen molar-refractivity contribution in [1.82, 2.24) is 0 Å². The van der Waals surface area contributed by atoms with Crippen LogP contribution in [0.1, 0.15) is 0 Å². The van der Waals surface area contributed by atoms with Gasteiger partial charge < -0.3 is 20.1 Å². The van der Waals surface area contributed by atoms with Gasteiger partial charge in [-0.2, -0.15) is 8.42 Å². The predicted molar refractivity (Wildman–Crippen MR) is 65.6 cm³/mol. The number of aliphatic hydroxyl groups excluding tert-OH is 3. The fraction of sp³-hybridized carbons (Fsp3) is 0.556. The van der Waals surface area contributed by atoms with Crippen LogP contribution in [0.5, 0.6) is 0 Å². The van der Waals surface area contributed by atoms with Gasteiger partial charge in [0, 0.05) is 0 Å². The maximum Gasteiger partial charge on any atom is 0.394 e. The summed E-state index contributed by atoms with van der Waals surface area (Å²) in [6.07, 6.45) is 2.47. The molecule has 0 saturated heterocycles. The molecule has 5 N–H and O–H groups in total. The van der Waals surface area contributed by atoms with E-state index in [0.717, 1.165) is 0 Å². The number of rotatable bonds is 6. The second-order valence-corrected chi connectivity index (χ2v) is 3.48. The first-order valence-electron chi connectivity index (χ1n) is 4.62. The van der Waals surface area contributed by atoms with Crippen LogP contribution in [0.3, 0.4) is 0 Å². The highest BCUT2D eigenvalue weighted by Crippen LogP contribution is 1.73. The Morgan fingerprint density at radius 2 is 1.33 bits per heavy atom. The van der Waals surface area contributed by atoms with Crippen molar-refractivity contribution in [2.24, 2.45) is 0 Å². The third kappa shape index (κ3) is 59.2. The van der Waals surface area contributed by atoms with E-state index in [1.54, 1.807) is 12.2 Å². The highest BCUT2D eigenvalue weighted by molar-refractivity contribution is 7.79. The normalized spacial score (nSPS) is 9.67. The lowest BCUT2D eigenvalue weighted by molar-refractivity contribution is 0.0450. The fourth-order valence-corrected chi connectivity index (χ4v) is 0.292. The molecule has 110 valence electrons. The van der Waals surface area contributed by atoms with E-state index in [1.165, 1.54) is 0 Å². The van der Waals surface area contributed by atoms with Crippen LogP contribution < -0.4 is 0 Å². The Morgan fingerprint density at radius 1 is 1.06 bits per heavy atom. The van der Waals surface area contributed by atoms with Crippen LogP contribution in [0.15, 0.2) is 25.3 Å². The van der Waals surface area contributed by atoms with Crippen molar-refractivity contribution in [1.29, 1.82) is 0 Å². The van der Waals surface area contributed by atoms with Crippen molar-refractivity contribution in [2.75, 3.05) is 26.4 Å². The second kappa shape index (κ2) is 16.2. The third-order valence-corrected chi connectivity index (χ3v) is 0.893. The molecule has 0 bridgehead atoms. The van der Waals surface area contributed by atoms with Gasteiger partial charge in [0.15, 0.2) is 0 Å². The number of hydrogen-bond donors (Lipinski definition) is 5. The minimum Gasteiger partial charge on any atom is -0.394 e. The molecule has 9 heteroatoms. The molecule has 0 amide bonds. The van der Waals surface area contributed by atoms with Crippen molar-refractivity contribution < 1.29 is 37.6 Å². The minimum absolute atomic E-state index is 0.365. The molecule has 0 aliphatic rings. The molecule has 0 fully saturated rings. The summed E-state index contributed by atoms with van der Waals surface area (Å²) in [6.45, 7) is 7.45. The quantitative estimate of drug-likeness (QED) is 0.239. The van der Waals surface area contributed by atoms with Crippen LogP contribution in [-0.2, 0) is 15.1 Å². The molecule has 0 saturated carbocycles. The van der Waals surface area contributed by atoms with Gasteiger partial charge in [-0.15, -0.1) is 13.2 Å². The molecule has 0 rings (SSSR count). The van der Waals surface area contributed by atoms with E-state index in [4.69, 9.17) is 37.6 Å². The number of aliphatic hydroxyl groups is 3. The van der Waals surface area contributed by atoms with Crippen molar-refractivity contribution in [2.45, 2.75) is 6.10 Å². The van der Waals surface area contributed by atoms with E-state index in [9.17, 15) is 0 Å². The Bertz CT molecular complexity index is 254. The predicted octanol–water partition coefficient (Wildman–Crippen LogP) is -0.946.